The lowest BCUT2D eigenvalue weighted by atomic mass is 10.0. The molecule has 2 rings (SSSR count). The van der Waals surface area contributed by atoms with Gasteiger partial charge in [0.05, 0.1) is 7.11 Å². The SMILES string of the molecule is CCCNC(Cc1ccccc1OC)c1sccc1C. The number of thiophene rings is 1. The van der Waals surface area contributed by atoms with Crippen LogP contribution >= 0.6 is 11.3 Å². The van der Waals surface area contributed by atoms with Gasteiger partial charge in [-0.2, -0.15) is 0 Å². The maximum atomic E-state index is 5.47. The van der Waals surface area contributed by atoms with Gasteiger partial charge in [-0.3, -0.25) is 0 Å². The quantitative estimate of drug-likeness (QED) is 0.818. The van der Waals surface area contributed by atoms with E-state index in [2.05, 4.69) is 42.7 Å². The molecular formula is C17H23NOS. The van der Waals surface area contributed by atoms with Gasteiger partial charge in [0.15, 0.2) is 0 Å². The molecule has 0 radical (unpaired) electrons. The first-order valence-electron chi connectivity index (χ1n) is 7.15. The number of para-hydroxylation sites is 1. The topological polar surface area (TPSA) is 21.3 Å². The Bertz CT molecular complexity index is 535. The Morgan fingerprint density at radius 1 is 1.25 bits per heavy atom. The molecule has 2 aromatic rings. The van der Waals surface area contributed by atoms with Crippen molar-refractivity contribution < 1.29 is 4.74 Å². The fourth-order valence-electron chi connectivity index (χ4n) is 2.41. The molecule has 0 amide bonds. The van der Waals surface area contributed by atoms with E-state index in [0.29, 0.717) is 6.04 Å². The highest BCUT2D eigenvalue weighted by Crippen LogP contribution is 2.29. The first kappa shape index (κ1) is 15.1. The number of ether oxygens (including phenoxy) is 1. The molecule has 1 N–H and O–H groups in total. The summed E-state index contributed by atoms with van der Waals surface area (Å²) >= 11 is 1.84. The molecule has 0 aliphatic carbocycles. The first-order chi connectivity index (χ1) is 9.76. The molecule has 1 unspecified atom stereocenters. The van der Waals surface area contributed by atoms with Gasteiger partial charge in [-0.25, -0.2) is 0 Å². The fraction of sp³-hybridized carbons (Fsp3) is 0.412. The second-order valence-electron chi connectivity index (χ2n) is 4.99. The standard InChI is InChI=1S/C17H23NOS/c1-4-10-18-15(17-13(2)9-11-20-17)12-14-7-5-6-8-16(14)19-3/h5-9,11,15,18H,4,10,12H2,1-3H3. The number of nitrogens with one attached hydrogen (secondary N) is 1. The Hall–Kier alpha value is -1.32. The zero-order chi connectivity index (χ0) is 14.4. The Morgan fingerprint density at radius 3 is 2.70 bits per heavy atom. The molecule has 1 heterocycles. The van der Waals surface area contributed by atoms with Crippen molar-refractivity contribution in [3.05, 3.63) is 51.7 Å². The summed E-state index contributed by atoms with van der Waals surface area (Å²) in [4.78, 5) is 1.43. The number of methoxy groups -OCH3 is 1. The molecule has 2 nitrogen and oxygen atoms in total. The van der Waals surface area contributed by atoms with E-state index in [1.807, 2.05) is 23.5 Å². The van der Waals surface area contributed by atoms with Crippen LogP contribution in [0.15, 0.2) is 35.7 Å². The minimum absolute atomic E-state index is 0.367. The smallest absolute Gasteiger partial charge is 0.122 e. The van der Waals surface area contributed by atoms with Crippen molar-refractivity contribution in [2.45, 2.75) is 32.7 Å². The summed E-state index contributed by atoms with van der Waals surface area (Å²) in [6.45, 7) is 5.43. The van der Waals surface area contributed by atoms with Crippen LogP contribution < -0.4 is 10.1 Å². The van der Waals surface area contributed by atoms with E-state index in [-0.39, 0.29) is 0 Å². The van der Waals surface area contributed by atoms with E-state index in [0.717, 1.165) is 25.1 Å². The van der Waals surface area contributed by atoms with Crippen LogP contribution in [0.1, 0.15) is 35.4 Å². The van der Waals surface area contributed by atoms with Crippen LogP contribution in [0.3, 0.4) is 0 Å². The normalized spacial score (nSPS) is 12.3. The predicted molar refractivity (Wildman–Crippen MR) is 86.8 cm³/mol. The van der Waals surface area contributed by atoms with Crippen molar-refractivity contribution in [1.82, 2.24) is 5.32 Å². The van der Waals surface area contributed by atoms with E-state index in [4.69, 9.17) is 4.74 Å². The minimum Gasteiger partial charge on any atom is -0.496 e. The van der Waals surface area contributed by atoms with Gasteiger partial charge < -0.3 is 10.1 Å². The highest BCUT2D eigenvalue weighted by atomic mass is 32.1. The summed E-state index contributed by atoms with van der Waals surface area (Å²) in [5, 5.41) is 5.84. The Labute approximate surface area is 125 Å². The third kappa shape index (κ3) is 3.62. The van der Waals surface area contributed by atoms with Gasteiger partial charge in [0.1, 0.15) is 5.75 Å². The van der Waals surface area contributed by atoms with Crippen LogP contribution in [-0.4, -0.2) is 13.7 Å². The summed E-state index contributed by atoms with van der Waals surface area (Å²) < 4.78 is 5.47. The minimum atomic E-state index is 0.367. The molecule has 0 aliphatic rings. The molecular weight excluding hydrogens is 266 g/mol. The van der Waals surface area contributed by atoms with Crippen molar-refractivity contribution in [1.29, 1.82) is 0 Å². The van der Waals surface area contributed by atoms with Gasteiger partial charge in [-0.1, -0.05) is 25.1 Å². The zero-order valence-electron chi connectivity index (χ0n) is 12.5. The third-order valence-corrected chi connectivity index (χ3v) is 4.61. The van der Waals surface area contributed by atoms with Crippen molar-refractivity contribution in [2.24, 2.45) is 0 Å². The molecule has 20 heavy (non-hydrogen) atoms. The van der Waals surface area contributed by atoms with Gasteiger partial charge in [0.2, 0.25) is 0 Å². The van der Waals surface area contributed by atoms with E-state index in [9.17, 15) is 0 Å². The first-order valence-corrected chi connectivity index (χ1v) is 8.03. The van der Waals surface area contributed by atoms with Crippen LogP contribution in [-0.2, 0) is 6.42 Å². The highest BCUT2D eigenvalue weighted by Gasteiger charge is 2.16. The van der Waals surface area contributed by atoms with Crippen LogP contribution in [0.4, 0.5) is 0 Å². The average molecular weight is 289 g/mol. The summed E-state index contributed by atoms with van der Waals surface area (Å²) in [6.07, 6.45) is 2.11. The van der Waals surface area contributed by atoms with E-state index < -0.39 is 0 Å². The van der Waals surface area contributed by atoms with E-state index in [1.165, 1.54) is 16.0 Å². The van der Waals surface area contributed by atoms with Crippen LogP contribution in [0.2, 0.25) is 0 Å². The highest BCUT2D eigenvalue weighted by molar-refractivity contribution is 7.10. The number of hydrogen-bond acceptors (Lipinski definition) is 3. The van der Waals surface area contributed by atoms with Crippen LogP contribution in [0, 0.1) is 6.92 Å². The zero-order valence-corrected chi connectivity index (χ0v) is 13.3. The van der Waals surface area contributed by atoms with Crippen molar-refractivity contribution in [2.75, 3.05) is 13.7 Å². The van der Waals surface area contributed by atoms with E-state index >= 15 is 0 Å². The molecule has 0 fully saturated rings. The number of benzene rings is 1. The molecule has 1 atom stereocenters. The monoisotopic (exact) mass is 289 g/mol. The number of hydrogen-bond donors (Lipinski definition) is 1. The van der Waals surface area contributed by atoms with Crippen molar-refractivity contribution in [3.8, 4) is 5.75 Å². The van der Waals surface area contributed by atoms with Gasteiger partial charge >= 0.3 is 0 Å². The predicted octanol–water partition coefficient (Wildman–Crippen LogP) is 4.35. The molecule has 0 saturated carbocycles. The maximum absolute atomic E-state index is 5.47. The molecule has 1 aromatic carbocycles. The van der Waals surface area contributed by atoms with Crippen LogP contribution in [0.5, 0.6) is 5.75 Å². The molecule has 0 aliphatic heterocycles. The Morgan fingerprint density at radius 2 is 2.05 bits per heavy atom. The van der Waals surface area contributed by atoms with Crippen molar-refractivity contribution >= 4 is 11.3 Å². The molecule has 0 spiro atoms. The van der Waals surface area contributed by atoms with Crippen LogP contribution in [0.25, 0.3) is 0 Å². The maximum Gasteiger partial charge on any atom is 0.122 e. The molecule has 3 heteroatoms. The fourth-order valence-corrected chi connectivity index (χ4v) is 3.41. The number of rotatable bonds is 7. The second kappa shape index (κ2) is 7.46. The second-order valence-corrected chi connectivity index (χ2v) is 5.94. The van der Waals surface area contributed by atoms with Gasteiger partial charge in [-0.05, 0) is 54.9 Å². The van der Waals surface area contributed by atoms with Crippen molar-refractivity contribution in [3.63, 3.8) is 0 Å². The molecule has 0 bridgehead atoms. The summed E-state index contributed by atoms with van der Waals surface area (Å²) in [6, 6.07) is 10.9. The van der Waals surface area contributed by atoms with Gasteiger partial charge in [0, 0.05) is 10.9 Å². The lowest BCUT2D eigenvalue weighted by Gasteiger charge is -2.20. The third-order valence-electron chi connectivity index (χ3n) is 3.48. The molecule has 1 aromatic heterocycles. The Kier molecular flexibility index (Phi) is 5.62. The lowest BCUT2D eigenvalue weighted by Crippen LogP contribution is -2.24. The average Bonchev–Trinajstić information content (AvgIpc) is 2.90. The van der Waals surface area contributed by atoms with Gasteiger partial charge in [0.25, 0.3) is 0 Å². The lowest BCUT2D eigenvalue weighted by molar-refractivity contribution is 0.405. The summed E-state index contributed by atoms with van der Waals surface area (Å²) in [7, 11) is 1.74. The molecule has 0 saturated heterocycles. The largest absolute Gasteiger partial charge is 0.496 e. The summed E-state index contributed by atoms with van der Waals surface area (Å²) in [5.41, 5.74) is 2.63. The molecule has 108 valence electrons. The number of aryl methyl sites for hydroxylation is 1. The van der Waals surface area contributed by atoms with E-state index in [1.54, 1.807) is 7.11 Å². The summed E-state index contributed by atoms with van der Waals surface area (Å²) in [5.74, 6) is 0.977. The Balaban J connectivity index is 2.21. The van der Waals surface area contributed by atoms with Gasteiger partial charge in [-0.15, -0.1) is 11.3 Å².